The van der Waals surface area contributed by atoms with Crippen molar-refractivity contribution in [2.24, 2.45) is 0 Å². The van der Waals surface area contributed by atoms with Crippen LogP contribution in [0.5, 0.6) is 0 Å². The van der Waals surface area contributed by atoms with E-state index in [0.717, 1.165) is 20.1 Å². The molecule has 90 valence electrons. The second kappa shape index (κ2) is 4.71. The maximum Gasteiger partial charge on any atom is 0.259 e. The average molecular weight is 320 g/mol. The Balaban J connectivity index is 2.02. The van der Waals surface area contributed by atoms with Gasteiger partial charge in [0.2, 0.25) is 0 Å². The van der Waals surface area contributed by atoms with Gasteiger partial charge in [-0.2, -0.15) is 0 Å². The minimum absolute atomic E-state index is 0.0802. The highest BCUT2D eigenvalue weighted by molar-refractivity contribution is 9.10. The van der Waals surface area contributed by atoms with E-state index in [-0.39, 0.29) is 5.56 Å². The van der Waals surface area contributed by atoms with E-state index in [4.69, 9.17) is 0 Å². The van der Waals surface area contributed by atoms with E-state index >= 15 is 0 Å². The standard InChI is InChI=1S/C14H10BrNOS/c15-11-3-1-10(2-4-11)9-16-7-5-13-12(14(16)17)6-8-18-13/h1-8H,9H2. The molecule has 1 aromatic carbocycles. The van der Waals surface area contributed by atoms with Crippen molar-refractivity contribution in [3.05, 3.63) is 68.4 Å². The quantitative estimate of drug-likeness (QED) is 0.702. The molecular weight excluding hydrogens is 310 g/mol. The van der Waals surface area contributed by atoms with Gasteiger partial charge in [-0.3, -0.25) is 4.79 Å². The molecule has 0 saturated carbocycles. The summed E-state index contributed by atoms with van der Waals surface area (Å²) in [6, 6.07) is 11.9. The Labute approximate surface area is 117 Å². The van der Waals surface area contributed by atoms with Crippen LogP contribution in [-0.4, -0.2) is 4.57 Å². The molecule has 0 saturated heterocycles. The van der Waals surface area contributed by atoms with Crippen LogP contribution in [0.3, 0.4) is 0 Å². The second-order valence-corrected chi connectivity index (χ2v) is 5.94. The van der Waals surface area contributed by atoms with Crippen molar-refractivity contribution in [3.63, 3.8) is 0 Å². The van der Waals surface area contributed by atoms with Gasteiger partial charge in [-0.05, 0) is 35.2 Å². The number of hydrogen-bond acceptors (Lipinski definition) is 2. The third kappa shape index (κ3) is 2.13. The van der Waals surface area contributed by atoms with Crippen LogP contribution in [-0.2, 0) is 6.54 Å². The molecule has 2 heterocycles. The highest BCUT2D eigenvalue weighted by Gasteiger charge is 2.04. The number of pyridine rings is 1. The summed E-state index contributed by atoms with van der Waals surface area (Å²) in [4.78, 5) is 12.2. The van der Waals surface area contributed by atoms with Crippen molar-refractivity contribution < 1.29 is 0 Å². The number of halogens is 1. The first-order valence-corrected chi connectivity index (χ1v) is 7.22. The molecule has 0 spiro atoms. The Morgan fingerprint density at radius 2 is 1.89 bits per heavy atom. The summed E-state index contributed by atoms with van der Waals surface area (Å²) in [6.45, 7) is 0.609. The van der Waals surface area contributed by atoms with E-state index in [1.807, 2.05) is 48.0 Å². The number of fused-ring (bicyclic) bond motifs is 1. The van der Waals surface area contributed by atoms with Gasteiger partial charge < -0.3 is 4.57 Å². The lowest BCUT2D eigenvalue weighted by Crippen LogP contribution is -2.19. The molecule has 2 nitrogen and oxygen atoms in total. The van der Waals surface area contributed by atoms with E-state index in [1.165, 1.54) is 0 Å². The van der Waals surface area contributed by atoms with E-state index in [2.05, 4.69) is 15.9 Å². The zero-order chi connectivity index (χ0) is 12.5. The Morgan fingerprint density at radius 1 is 1.11 bits per heavy atom. The van der Waals surface area contributed by atoms with Gasteiger partial charge in [0, 0.05) is 15.4 Å². The molecule has 0 radical (unpaired) electrons. The smallest absolute Gasteiger partial charge is 0.259 e. The van der Waals surface area contributed by atoms with Crippen LogP contribution in [0, 0.1) is 0 Å². The summed E-state index contributed by atoms with van der Waals surface area (Å²) < 4.78 is 3.84. The Hall–Kier alpha value is -1.39. The van der Waals surface area contributed by atoms with Crippen LogP contribution >= 0.6 is 27.3 Å². The van der Waals surface area contributed by atoms with Crippen molar-refractivity contribution >= 4 is 37.4 Å². The summed E-state index contributed by atoms with van der Waals surface area (Å²) in [6.07, 6.45) is 1.86. The van der Waals surface area contributed by atoms with Gasteiger partial charge >= 0.3 is 0 Å². The van der Waals surface area contributed by atoms with Crippen LogP contribution in [0.4, 0.5) is 0 Å². The summed E-state index contributed by atoms with van der Waals surface area (Å²) in [5.41, 5.74) is 1.20. The minimum Gasteiger partial charge on any atom is -0.311 e. The summed E-state index contributed by atoms with van der Waals surface area (Å²) >= 11 is 5.00. The predicted octanol–water partition coefficient (Wildman–Crippen LogP) is 3.87. The molecule has 0 bridgehead atoms. The van der Waals surface area contributed by atoms with Crippen molar-refractivity contribution in [1.82, 2.24) is 4.57 Å². The van der Waals surface area contributed by atoms with E-state index in [0.29, 0.717) is 6.54 Å². The molecule has 0 aliphatic heterocycles. The normalized spacial score (nSPS) is 10.9. The lowest BCUT2D eigenvalue weighted by atomic mass is 10.2. The molecule has 3 aromatic rings. The summed E-state index contributed by atoms with van der Waals surface area (Å²) in [5.74, 6) is 0. The Morgan fingerprint density at radius 3 is 2.67 bits per heavy atom. The molecule has 0 atom stereocenters. The van der Waals surface area contributed by atoms with Gasteiger partial charge in [0.15, 0.2) is 0 Å². The molecule has 18 heavy (non-hydrogen) atoms. The highest BCUT2D eigenvalue weighted by atomic mass is 79.9. The summed E-state index contributed by atoms with van der Waals surface area (Å²) in [5, 5.41) is 2.76. The van der Waals surface area contributed by atoms with Crippen molar-refractivity contribution in [3.8, 4) is 0 Å². The maximum atomic E-state index is 12.2. The number of aromatic nitrogens is 1. The van der Waals surface area contributed by atoms with E-state index < -0.39 is 0 Å². The van der Waals surface area contributed by atoms with Crippen molar-refractivity contribution in [2.45, 2.75) is 6.54 Å². The fourth-order valence-corrected chi connectivity index (χ4v) is 2.95. The van der Waals surface area contributed by atoms with Crippen molar-refractivity contribution in [2.75, 3.05) is 0 Å². The van der Waals surface area contributed by atoms with Gasteiger partial charge in [0.1, 0.15) is 0 Å². The number of nitrogens with zero attached hydrogens (tertiary/aromatic N) is 1. The molecule has 3 rings (SSSR count). The van der Waals surface area contributed by atoms with Crippen molar-refractivity contribution in [1.29, 1.82) is 0 Å². The molecule has 0 fully saturated rings. The van der Waals surface area contributed by atoms with Crippen LogP contribution in [0.2, 0.25) is 0 Å². The summed E-state index contributed by atoms with van der Waals surface area (Å²) in [7, 11) is 0. The SMILES string of the molecule is O=c1c2ccsc2ccn1Cc1ccc(Br)cc1. The van der Waals surface area contributed by atoms with Gasteiger partial charge in [-0.15, -0.1) is 11.3 Å². The second-order valence-electron chi connectivity index (χ2n) is 4.07. The highest BCUT2D eigenvalue weighted by Crippen LogP contribution is 2.17. The lowest BCUT2D eigenvalue weighted by Gasteiger charge is -2.06. The Kier molecular flexibility index (Phi) is 3.06. The number of hydrogen-bond donors (Lipinski definition) is 0. The first-order valence-electron chi connectivity index (χ1n) is 5.55. The zero-order valence-electron chi connectivity index (χ0n) is 9.47. The Bertz CT molecular complexity index is 742. The molecule has 0 aliphatic rings. The van der Waals surface area contributed by atoms with Gasteiger partial charge in [-0.1, -0.05) is 28.1 Å². The largest absolute Gasteiger partial charge is 0.311 e. The fraction of sp³-hybridized carbons (Fsp3) is 0.0714. The first kappa shape index (κ1) is 11.7. The third-order valence-electron chi connectivity index (χ3n) is 2.86. The van der Waals surface area contributed by atoms with E-state index in [1.54, 1.807) is 15.9 Å². The average Bonchev–Trinajstić information content (AvgIpc) is 2.84. The number of rotatable bonds is 2. The molecule has 4 heteroatoms. The predicted molar refractivity (Wildman–Crippen MR) is 79.3 cm³/mol. The molecule has 0 aliphatic carbocycles. The van der Waals surface area contributed by atoms with Gasteiger partial charge in [-0.25, -0.2) is 0 Å². The maximum absolute atomic E-state index is 12.2. The lowest BCUT2D eigenvalue weighted by molar-refractivity contribution is 0.768. The fourth-order valence-electron chi connectivity index (χ4n) is 1.92. The number of thiophene rings is 1. The third-order valence-corrected chi connectivity index (χ3v) is 4.27. The molecule has 0 amide bonds. The van der Waals surface area contributed by atoms with Crippen LogP contribution in [0.1, 0.15) is 5.56 Å². The topological polar surface area (TPSA) is 22.0 Å². The van der Waals surface area contributed by atoms with Crippen LogP contribution in [0.15, 0.2) is 57.2 Å². The van der Waals surface area contributed by atoms with Crippen LogP contribution in [0.25, 0.3) is 10.1 Å². The van der Waals surface area contributed by atoms with Gasteiger partial charge in [0.25, 0.3) is 5.56 Å². The molecule has 0 unspecified atom stereocenters. The molecular formula is C14H10BrNOS. The minimum atomic E-state index is 0.0802. The molecule has 0 N–H and O–H groups in total. The molecule has 2 aromatic heterocycles. The zero-order valence-corrected chi connectivity index (χ0v) is 11.9. The van der Waals surface area contributed by atoms with Crippen LogP contribution < -0.4 is 5.56 Å². The van der Waals surface area contributed by atoms with Gasteiger partial charge in [0.05, 0.1) is 11.9 Å². The monoisotopic (exact) mass is 319 g/mol. The first-order chi connectivity index (χ1) is 8.74. The number of benzene rings is 1. The van der Waals surface area contributed by atoms with E-state index in [9.17, 15) is 4.79 Å².